The zero-order chi connectivity index (χ0) is 30.6. The fraction of sp³-hybridized carbons (Fsp3) is 0.412. The third-order valence-electron chi connectivity index (χ3n) is 8.92. The highest BCUT2D eigenvalue weighted by Gasteiger charge is 2.50. The zero-order valence-electron chi connectivity index (χ0n) is 24.8. The van der Waals surface area contributed by atoms with Gasteiger partial charge in [-0.3, -0.25) is 9.59 Å². The van der Waals surface area contributed by atoms with Gasteiger partial charge in [-0.05, 0) is 78.6 Å². The number of hydrogen-bond donors (Lipinski definition) is 1. The van der Waals surface area contributed by atoms with Gasteiger partial charge in [-0.15, -0.1) is 0 Å². The number of carbonyl (C=O) groups is 2. The number of amides is 2. The van der Waals surface area contributed by atoms with Gasteiger partial charge in [-0.1, -0.05) is 61.5 Å². The smallest absolute Gasteiger partial charge is 0.251 e. The molecule has 1 N–H and O–H groups in total. The average Bonchev–Trinajstić information content (AvgIpc) is 3.68. The minimum atomic E-state index is -3.65. The molecule has 1 heterocycles. The molecule has 3 aromatic rings. The summed E-state index contributed by atoms with van der Waals surface area (Å²) < 4.78 is 40.0. The van der Waals surface area contributed by atoms with Crippen LogP contribution in [0.1, 0.15) is 48.0 Å². The SMILES string of the molecule is CN1CCN(C(=O)[C@H](CS(=O)(=O)CCCC2(C)C[C@H]2c2ccc(F)cc2)NC(=O)c2ccc(-c3ccccc3)cc2)CC1. The van der Waals surface area contributed by atoms with Gasteiger partial charge in [-0.25, -0.2) is 12.8 Å². The van der Waals surface area contributed by atoms with Crippen molar-refractivity contribution in [3.05, 3.63) is 95.8 Å². The van der Waals surface area contributed by atoms with E-state index in [0.717, 1.165) is 23.1 Å². The number of halogens is 1. The van der Waals surface area contributed by atoms with Gasteiger partial charge in [0.15, 0.2) is 9.84 Å². The standard InChI is InChI=1S/C34H40FN3O4S/c1-34(23-30(34)27-13-15-29(35)16-14-27)17-6-22-43(41,42)24-31(33(40)38-20-18-37(2)19-21-38)36-32(39)28-11-9-26(10-12-28)25-7-4-3-5-8-25/h3-5,7-16,30-31H,6,17-24H2,1-2H3,(H,36,39)/t30-,31-,34?/m0/s1. The number of rotatable bonds is 11. The molecular formula is C34H40FN3O4S. The largest absolute Gasteiger partial charge is 0.339 e. The van der Waals surface area contributed by atoms with Crippen molar-refractivity contribution in [2.45, 2.75) is 38.1 Å². The number of sulfone groups is 1. The fourth-order valence-electron chi connectivity index (χ4n) is 6.04. The molecule has 3 atom stereocenters. The van der Waals surface area contributed by atoms with E-state index in [1.54, 1.807) is 29.2 Å². The summed E-state index contributed by atoms with van der Waals surface area (Å²) in [6.07, 6.45) is 2.11. The van der Waals surface area contributed by atoms with Crippen molar-refractivity contribution in [3.63, 3.8) is 0 Å². The van der Waals surface area contributed by atoms with Crippen LogP contribution in [0.15, 0.2) is 78.9 Å². The number of likely N-dealkylation sites (N-methyl/N-ethyl adjacent to an activating group) is 1. The fourth-order valence-corrected chi connectivity index (χ4v) is 7.52. The van der Waals surface area contributed by atoms with Gasteiger partial charge >= 0.3 is 0 Å². The van der Waals surface area contributed by atoms with Crippen molar-refractivity contribution < 1.29 is 22.4 Å². The lowest BCUT2D eigenvalue weighted by atomic mass is 9.96. The van der Waals surface area contributed by atoms with E-state index < -0.39 is 27.5 Å². The molecular weight excluding hydrogens is 565 g/mol. The van der Waals surface area contributed by atoms with E-state index in [-0.39, 0.29) is 28.8 Å². The van der Waals surface area contributed by atoms with Crippen LogP contribution in [0.5, 0.6) is 0 Å². The highest BCUT2D eigenvalue weighted by Crippen LogP contribution is 2.61. The molecule has 43 heavy (non-hydrogen) atoms. The Labute approximate surface area is 254 Å². The lowest BCUT2D eigenvalue weighted by molar-refractivity contribution is -0.134. The topological polar surface area (TPSA) is 86.8 Å². The Balaban J connectivity index is 1.23. The summed E-state index contributed by atoms with van der Waals surface area (Å²) in [7, 11) is -1.67. The molecule has 3 aromatic carbocycles. The number of benzene rings is 3. The van der Waals surface area contributed by atoms with Gasteiger partial charge in [0.1, 0.15) is 11.9 Å². The molecule has 2 fully saturated rings. The summed E-state index contributed by atoms with van der Waals surface area (Å²) in [5, 5.41) is 2.76. The molecule has 228 valence electrons. The summed E-state index contributed by atoms with van der Waals surface area (Å²) in [4.78, 5) is 30.6. The monoisotopic (exact) mass is 605 g/mol. The van der Waals surface area contributed by atoms with Crippen LogP contribution in [0.4, 0.5) is 4.39 Å². The molecule has 1 aliphatic carbocycles. The Hall–Kier alpha value is -3.56. The molecule has 7 nitrogen and oxygen atoms in total. The molecule has 9 heteroatoms. The lowest BCUT2D eigenvalue weighted by Crippen LogP contribution is -2.56. The summed E-state index contributed by atoms with van der Waals surface area (Å²) in [6.45, 7) is 4.48. The molecule has 1 saturated carbocycles. The molecule has 0 bridgehead atoms. The Bertz CT molecular complexity index is 1520. The third kappa shape index (κ3) is 7.89. The average molecular weight is 606 g/mol. The molecule has 2 amide bonds. The molecule has 1 unspecified atom stereocenters. The molecule has 2 aliphatic rings. The molecule has 1 saturated heterocycles. The van der Waals surface area contributed by atoms with E-state index in [2.05, 4.69) is 17.1 Å². The van der Waals surface area contributed by atoms with Crippen molar-refractivity contribution in [2.75, 3.05) is 44.7 Å². The van der Waals surface area contributed by atoms with Crippen LogP contribution >= 0.6 is 0 Å². The maximum Gasteiger partial charge on any atom is 0.251 e. The van der Waals surface area contributed by atoms with E-state index in [4.69, 9.17) is 0 Å². The molecule has 5 rings (SSSR count). The first-order valence-corrected chi connectivity index (χ1v) is 16.7. The number of nitrogens with one attached hydrogen (secondary N) is 1. The van der Waals surface area contributed by atoms with Crippen LogP contribution in [0.3, 0.4) is 0 Å². The Kier molecular flexibility index (Phi) is 9.32. The number of hydrogen-bond acceptors (Lipinski definition) is 5. The first-order valence-electron chi connectivity index (χ1n) is 14.9. The van der Waals surface area contributed by atoms with Crippen LogP contribution < -0.4 is 5.32 Å². The van der Waals surface area contributed by atoms with Crippen molar-refractivity contribution in [3.8, 4) is 11.1 Å². The van der Waals surface area contributed by atoms with Crippen LogP contribution in [0.25, 0.3) is 11.1 Å². The van der Waals surface area contributed by atoms with Crippen molar-refractivity contribution in [1.82, 2.24) is 15.1 Å². The quantitative estimate of drug-likeness (QED) is 0.341. The van der Waals surface area contributed by atoms with Gasteiger partial charge in [0.25, 0.3) is 5.91 Å². The van der Waals surface area contributed by atoms with E-state index in [0.29, 0.717) is 44.6 Å². The van der Waals surface area contributed by atoms with Gasteiger partial charge in [-0.2, -0.15) is 0 Å². The first-order chi connectivity index (χ1) is 20.5. The molecule has 0 radical (unpaired) electrons. The Morgan fingerprint density at radius 2 is 1.56 bits per heavy atom. The highest BCUT2D eigenvalue weighted by molar-refractivity contribution is 7.91. The van der Waals surface area contributed by atoms with Crippen LogP contribution in [-0.4, -0.2) is 80.8 Å². The normalized spacial score (nSPS) is 21.3. The molecule has 1 aliphatic heterocycles. The van der Waals surface area contributed by atoms with E-state index in [1.165, 1.54) is 12.1 Å². The zero-order valence-corrected chi connectivity index (χ0v) is 25.7. The van der Waals surface area contributed by atoms with Gasteiger partial charge in [0.05, 0.1) is 11.5 Å². The van der Waals surface area contributed by atoms with Gasteiger partial charge in [0.2, 0.25) is 5.91 Å². The van der Waals surface area contributed by atoms with Crippen molar-refractivity contribution >= 4 is 21.7 Å². The van der Waals surface area contributed by atoms with Crippen LogP contribution in [-0.2, 0) is 14.6 Å². The van der Waals surface area contributed by atoms with Crippen LogP contribution in [0, 0.1) is 11.2 Å². The van der Waals surface area contributed by atoms with Gasteiger partial charge < -0.3 is 15.1 Å². The van der Waals surface area contributed by atoms with E-state index >= 15 is 0 Å². The van der Waals surface area contributed by atoms with Gasteiger partial charge in [0, 0.05) is 31.7 Å². The Morgan fingerprint density at radius 1 is 0.930 bits per heavy atom. The first kappa shape index (κ1) is 30.9. The van der Waals surface area contributed by atoms with Crippen molar-refractivity contribution in [2.24, 2.45) is 5.41 Å². The summed E-state index contributed by atoms with van der Waals surface area (Å²) in [5.41, 5.74) is 3.39. The minimum absolute atomic E-state index is 0.0253. The summed E-state index contributed by atoms with van der Waals surface area (Å²) in [5.74, 6) is -1.33. The summed E-state index contributed by atoms with van der Waals surface area (Å²) in [6, 6.07) is 22.2. The van der Waals surface area contributed by atoms with E-state index in [1.807, 2.05) is 49.5 Å². The minimum Gasteiger partial charge on any atom is -0.339 e. The maximum atomic E-state index is 13.6. The number of carbonyl (C=O) groups excluding carboxylic acids is 2. The summed E-state index contributed by atoms with van der Waals surface area (Å²) >= 11 is 0. The second kappa shape index (κ2) is 13.0. The van der Waals surface area contributed by atoms with Crippen molar-refractivity contribution in [1.29, 1.82) is 0 Å². The second-order valence-corrected chi connectivity index (χ2v) is 14.5. The second-order valence-electron chi connectivity index (χ2n) is 12.3. The number of nitrogens with zero attached hydrogens (tertiary/aromatic N) is 2. The van der Waals surface area contributed by atoms with Crippen LogP contribution in [0.2, 0.25) is 0 Å². The maximum absolute atomic E-state index is 13.6. The molecule has 0 spiro atoms. The predicted molar refractivity (Wildman–Crippen MR) is 167 cm³/mol. The van der Waals surface area contributed by atoms with E-state index in [9.17, 15) is 22.4 Å². The predicted octanol–water partition coefficient (Wildman–Crippen LogP) is 4.75. The Morgan fingerprint density at radius 3 is 2.21 bits per heavy atom. The lowest BCUT2D eigenvalue weighted by Gasteiger charge is -2.34. The molecule has 0 aromatic heterocycles. The highest BCUT2D eigenvalue weighted by atomic mass is 32.2. The third-order valence-corrected chi connectivity index (χ3v) is 10.7. The number of piperazine rings is 1.